The molecule has 1 aromatic carbocycles. The molecular weight excluding hydrogens is 236 g/mol. The van der Waals surface area contributed by atoms with Gasteiger partial charge in [-0.25, -0.2) is 0 Å². The zero-order valence-electron chi connectivity index (χ0n) is 9.73. The number of rotatable bonds is 6. The van der Waals surface area contributed by atoms with Gasteiger partial charge in [-0.1, -0.05) is 31.3 Å². The molecule has 0 heterocycles. The number of ether oxygens (including phenoxy) is 1. The van der Waals surface area contributed by atoms with Gasteiger partial charge in [0.05, 0.1) is 11.5 Å². The fourth-order valence-corrected chi connectivity index (χ4v) is 1.28. The maximum absolute atomic E-state index is 11.3. The van der Waals surface area contributed by atoms with Crippen LogP contribution in [0, 0.1) is 0 Å². The second-order valence-corrected chi connectivity index (χ2v) is 4.05. The van der Waals surface area contributed by atoms with Crippen molar-refractivity contribution in [2.75, 3.05) is 13.2 Å². The summed E-state index contributed by atoms with van der Waals surface area (Å²) in [5.74, 6) is 0.435. The second-order valence-electron chi connectivity index (χ2n) is 3.53. The van der Waals surface area contributed by atoms with Crippen LogP contribution >= 0.6 is 12.2 Å². The SMILES string of the molecule is CCc1ccc(OCC(=O)NCC(N)=S)cc1. The van der Waals surface area contributed by atoms with Crippen LogP contribution in [0.15, 0.2) is 24.3 Å². The number of carbonyl (C=O) groups excluding carboxylic acids is 1. The number of thiocarbonyl (C=S) groups is 1. The largest absolute Gasteiger partial charge is 0.484 e. The molecule has 1 rings (SSSR count). The first kappa shape index (κ1) is 13.4. The third kappa shape index (κ3) is 5.31. The van der Waals surface area contributed by atoms with Crippen LogP contribution in [-0.4, -0.2) is 24.0 Å². The van der Waals surface area contributed by atoms with Crippen LogP contribution < -0.4 is 15.8 Å². The topological polar surface area (TPSA) is 64.3 Å². The highest BCUT2D eigenvalue weighted by atomic mass is 32.1. The Kier molecular flexibility index (Phi) is 5.42. The zero-order chi connectivity index (χ0) is 12.7. The summed E-state index contributed by atoms with van der Waals surface area (Å²) >= 11 is 4.64. The third-order valence-corrected chi connectivity index (χ3v) is 2.31. The van der Waals surface area contributed by atoms with E-state index >= 15 is 0 Å². The van der Waals surface area contributed by atoms with Crippen molar-refractivity contribution < 1.29 is 9.53 Å². The minimum Gasteiger partial charge on any atom is -0.484 e. The van der Waals surface area contributed by atoms with E-state index in [-0.39, 0.29) is 24.0 Å². The second kappa shape index (κ2) is 6.85. The Morgan fingerprint density at radius 3 is 2.59 bits per heavy atom. The highest BCUT2D eigenvalue weighted by molar-refractivity contribution is 7.80. The lowest BCUT2D eigenvalue weighted by atomic mass is 10.2. The molecule has 0 atom stereocenters. The van der Waals surface area contributed by atoms with Gasteiger partial charge in [-0.3, -0.25) is 4.79 Å². The Labute approximate surface area is 106 Å². The lowest BCUT2D eigenvalue weighted by Gasteiger charge is -2.07. The fraction of sp³-hybridized carbons (Fsp3) is 0.333. The number of nitrogens with two attached hydrogens (primary N) is 1. The molecule has 4 nitrogen and oxygen atoms in total. The maximum atomic E-state index is 11.3. The Morgan fingerprint density at radius 1 is 1.41 bits per heavy atom. The molecule has 17 heavy (non-hydrogen) atoms. The van der Waals surface area contributed by atoms with E-state index in [2.05, 4.69) is 24.5 Å². The standard InChI is InChI=1S/C12H16N2O2S/c1-2-9-3-5-10(6-4-9)16-8-12(15)14-7-11(13)17/h3-6H,2,7-8H2,1H3,(H2,13,17)(H,14,15). The van der Waals surface area contributed by atoms with E-state index in [1.54, 1.807) is 0 Å². The van der Waals surface area contributed by atoms with Gasteiger partial charge in [-0.15, -0.1) is 0 Å². The molecule has 0 bridgehead atoms. The fourth-order valence-electron chi connectivity index (χ4n) is 1.21. The summed E-state index contributed by atoms with van der Waals surface area (Å²) in [5.41, 5.74) is 6.49. The zero-order valence-corrected chi connectivity index (χ0v) is 10.5. The van der Waals surface area contributed by atoms with Gasteiger partial charge in [0.2, 0.25) is 0 Å². The Morgan fingerprint density at radius 2 is 2.06 bits per heavy atom. The van der Waals surface area contributed by atoms with E-state index < -0.39 is 0 Å². The number of hydrogen-bond acceptors (Lipinski definition) is 3. The van der Waals surface area contributed by atoms with Gasteiger partial charge in [-0.2, -0.15) is 0 Å². The van der Waals surface area contributed by atoms with Crippen molar-refractivity contribution in [3.8, 4) is 5.75 Å². The van der Waals surface area contributed by atoms with E-state index in [9.17, 15) is 4.79 Å². The molecule has 1 aromatic rings. The van der Waals surface area contributed by atoms with Crippen molar-refractivity contribution in [2.45, 2.75) is 13.3 Å². The van der Waals surface area contributed by atoms with Gasteiger partial charge in [0.25, 0.3) is 5.91 Å². The van der Waals surface area contributed by atoms with Gasteiger partial charge in [0, 0.05) is 0 Å². The summed E-state index contributed by atoms with van der Waals surface area (Å²) in [4.78, 5) is 11.5. The predicted octanol–water partition coefficient (Wildman–Crippen LogP) is 1.03. The normalized spacial score (nSPS) is 9.71. The molecule has 0 aliphatic rings. The van der Waals surface area contributed by atoms with Crippen molar-refractivity contribution in [3.63, 3.8) is 0 Å². The summed E-state index contributed by atoms with van der Waals surface area (Å²) in [7, 11) is 0. The van der Waals surface area contributed by atoms with Crippen molar-refractivity contribution in [3.05, 3.63) is 29.8 Å². The minimum absolute atomic E-state index is 0.0336. The first-order chi connectivity index (χ1) is 8.11. The molecule has 0 aliphatic heterocycles. The highest BCUT2D eigenvalue weighted by Crippen LogP contribution is 2.12. The van der Waals surface area contributed by atoms with E-state index in [4.69, 9.17) is 10.5 Å². The van der Waals surface area contributed by atoms with E-state index in [1.165, 1.54) is 5.56 Å². The van der Waals surface area contributed by atoms with Crippen LogP contribution in [0.3, 0.4) is 0 Å². The van der Waals surface area contributed by atoms with Crippen molar-refractivity contribution >= 4 is 23.1 Å². The molecule has 3 N–H and O–H groups in total. The smallest absolute Gasteiger partial charge is 0.258 e. The molecule has 5 heteroatoms. The third-order valence-electron chi connectivity index (χ3n) is 2.16. The number of benzene rings is 1. The Hall–Kier alpha value is -1.62. The van der Waals surface area contributed by atoms with Crippen LogP contribution in [0.4, 0.5) is 0 Å². The quantitative estimate of drug-likeness (QED) is 0.742. The molecule has 0 fully saturated rings. The van der Waals surface area contributed by atoms with Crippen LogP contribution in [0.25, 0.3) is 0 Å². The number of aryl methyl sites for hydroxylation is 1. The summed E-state index contributed by atoms with van der Waals surface area (Å²) in [6.07, 6.45) is 0.981. The molecule has 0 saturated carbocycles. The molecule has 0 saturated heterocycles. The van der Waals surface area contributed by atoms with Gasteiger partial charge in [0.1, 0.15) is 5.75 Å². The first-order valence-electron chi connectivity index (χ1n) is 5.38. The predicted molar refractivity (Wildman–Crippen MR) is 71.1 cm³/mol. The van der Waals surface area contributed by atoms with E-state index in [0.717, 1.165) is 6.42 Å². The molecule has 0 unspecified atom stereocenters. The Bertz CT molecular complexity index is 390. The van der Waals surface area contributed by atoms with E-state index in [1.807, 2.05) is 24.3 Å². The lowest BCUT2D eigenvalue weighted by Crippen LogP contribution is -2.35. The highest BCUT2D eigenvalue weighted by Gasteiger charge is 2.02. The number of nitrogens with one attached hydrogen (secondary N) is 1. The number of amides is 1. The molecule has 0 aliphatic carbocycles. The molecule has 0 spiro atoms. The van der Waals surface area contributed by atoms with Gasteiger partial charge in [-0.05, 0) is 24.1 Å². The van der Waals surface area contributed by atoms with Crippen LogP contribution in [0.2, 0.25) is 0 Å². The van der Waals surface area contributed by atoms with Crippen molar-refractivity contribution in [1.82, 2.24) is 5.32 Å². The van der Waals surface area contributed by atoms with E-state index in [0.29, 0.717) is 5.75 Å². The molecule has 92 valence electrons. The molecule has 0 aromatic heterocycles. The number of hydrogen-bond donors (Lipinski definition) is 2. The van der Waals surface area contributed by atoms with Crippen LogP contribution in [0.1, 0.15) is 12.5 Å². The summed E-state index contributed by atoms with van der Waals surface area (Å²) in [6, 6.07) is 7.64. The van der Waals surface area contributed by atoms with Crippen LogP contribution in [-0.2, 0) is 11.2 Å². The average Bonchev–Trinajstić information content (AvgIpc) is 2.34. The summed E-state index contributed by atoms with van der Waals surface area (Å²) in [6.45, 7) is 2.25. The lowest BCUT2D eigenvalue weighted by molar-refractivity contribution is -0.122. The van der Waals surface area contributed by atoms with Gasteiger partial charge >= 0.3 is 0 Å². The number of carbonyl (C=O) groups is 1. The first-order valence-corrected chi connectivity index (χ1v) is 5.79. The van der Waals surface area contributed by atoms with Gasteiger partial charge in [0.15, 0.2) is 6.61 Å². The summed E-state index contributed by atoms with van der Waals surface area (Å²) < 4.78 is 5.30. The minimum atomic E-state index is -0.239. The maximum Gasteiger partial charge on any atom is 0.258 e. The Balaban J connectivity index is 2.34. The van der Waals surface area contributed by atoms with Crippen molar-refractivity contribution in [1.29, 1.82) is 0 Å². The molecular formula is C12H16N2O2S. The monoisotopic (exact) mass is 252 g/mol. The van der Waals surface area contributed by atoms with Crippen molar-refractivity contribution in [2.24, 2.45) is 5.73 Å². The molecule has 0 radical (unpaired) electrons. The molecule has 1 amide bonds. The summed E-state index contributed by atoms with van der Waals surface area (Å²) in [5, 5.41) is 2.54. The van der Waals surface area contributed by atoms with Gasteiger partial charge < -0.3 is 15.8 Å². The average molecular weight is 252 g/mol. The van der Waals surface area contributed by atoms with Crippen LogP contribution in [0.5, 0.6) is 5.75 Å².